The van der Waals surface area contributed by atoms with Gasteiger partial charge in [0.15, 0.2) is 11.5 Å². The summed E-state index contributed by atoms with van der Waals surface area (Å²) in [5.74, 6) is 0.672. The van der Waals surface area contributed by atoms with Crippen LogP contribution in [0, 0.1) is 5.92 Å². The van der Waals surface area contributed by atoms with Crippen LogP contribution in [0.25, 0.3) is 0 Å². The molecule has 0 aromatic carbocycles. The lowest BCUT2D eigenvalue weighted by Crippen LogP contribution is -2.36. The predicted molar refractivity (Wildman–Crippen MR) is 59.0 cm³/mol. The van der Waals surface area contributed by atoms with Crippen LogP contribution < -0.4 is 4.90 Å². The highest BCUT2D eigenvalue weighted by atomic mass is 19.4. The summed E-state index contributed by atoms with van der Waals surface area (Å²) in [7, 11) is 0. The normalized spacial score (nSPS) is 24.6. The first-order chi connectivity index (χ1) is 8.43. The zero-order valence-electron chi connectivity index (χ0n) is 9.85. The third-order valence-corrected chi connectivity index (χ3v) is 3.30. The fraction of sp³-hybridized carbons (Fsp3) is 0.636. The third-order valence-electron chi connectivity index (χ3n) is 3.30. The lowest BCUT2D eigenvalue weighted by molar-refractivity contribution is -0.141. The van der Waals surface area contributed by atoms with E-state index in [1.807, 2.05) is 6.92 Å². The zero-order chi connectivity index (χ0) is 13.3. The maximum absolute atomic E-state index is 12.3. The molecule has 2 atom stereocenters. The number of hydrogen-bond acceptors (Lipinski definition) is 4. The summed E-state index contributed by atoms with van der Waals surface area (Å²) in [6.07, 6.45) is -3.59. The van der Waals surface area contributed by atoms with Crippen molar-refractivity contribution in [1.29, 1.82) is 0 Å². The van der Waals surface area contributed by atoms with E-state index in [2.05, 4.69) is 10.2 Å². The number of nitrogens with zero attached hydrogens (tertiary/aromatic N) is 3. The zero-order valence-corrected chi connectivity index (χ0v) is 9.85. The van der Waals surface area contributed by atoms with E-state index in [1.165, 1.54) is 6.07 Å². The van der Waals surface area contributed by atoms with E-state index in [0.29, 0.717) is 18.3 Å². The largest absolute Gasteiger partial charge is 0.435 e. The number of halogens is 3. The van der Waals surface area contributed by atoms with Crippen molar-refractivity contribution in [3.05, 3.63) is 17.8 Å². The van der Waals surface area contributed by atoms with Gasteiger partial charge in [0.2, 0.25) is 0 Å². The molecule has 0 spiro atoms. The lowest BCUT2D eigenvalue weighted by Gasteiger charge is -2.25. The van der Waals surface area contributed by atoms with Crippen LogP contribution in [0.4, 0.5) is 19.0 Å². The number of aromatic nitrogens is 2. The SMILES string of the molecule is CC1CCN(c2ccc(C(F)(F)F)nn2)C1CO. The Kier molecular flexibility index (Phi) is 3.43. The second-order valence-electron chi connectivity index (χ2n) is 4.48. The van der Waals surface area contributed by atoms with Gasteiger partial charge in [-0.2, -0.15) is 13.2 Å². The van der Waals surface area contributed by atoms with Crippen molar-refractivity contribution in [2.24, 2.45) is 5.92 Å². The van der Waals surface area contributed by atoms with E-state index in [0.717, 1.165) is 12.5 Å². The second kappa shape index (κ2) is 4.72. The molecule has 2 heterocycles. The molecule has 1 fully saturated rings. The van der Waals surface area contributed by atoms with Crippen LogP contribution in [0.1, 0.15) is 19.0 Å². The fourth-order valence-electron chi connectivity index (χ4n) is 2.20. The van der Waals surface area contributed by atoms with Crippen molar-refractivity contribution in [1.82, 2.24) is 10.2 Å². The molecule has 1 aromatic rings. The van der Waals surface area contributed by atoms with Gasteiger partial charge in [-0.1, -0.05) is 6.92 Å². The van der Waals surface area contributed by atoms with Crippen LogP contribution in [0.15, 0.2) is 12.1 Å². The Balaban J connectivity index is 2.20. The summed E-state index contributed by atoms with van der Waals surface area (Å²) in [6, 6.07) is 2.12. The minimum absolute atomic E-state index is 0.0378. The molecule has 0 radical (unpaired) electrons. The standard InChI is InChI=1S/C11H14F3N3O/c1-7-4-5-17(8(7)6-18)10-3-2-9(15-16-10)11(12,13)14/h2-3,7-8,18H,4-6H2,1H3. The Labute approximate surface area is 102 Å². The Morgan fingerprint density at radius 2 is 2.11 bits per heavy atom. The molecular formula is C11H14F3N3O. The van der Waals surface area contributed by atoms with Crippen LogP contribution in [0.2, 0.25) is 0 Å². The summed E-state index contributed by atoms with van der Waals surface area (Å²) in [5.41, 5.74) is -1.00. The maximum atomic E-state index is 12.3. The number of alkyl halides is 3. The Morgan fingerprint density at radius 1 is 1.39 bits per heavy atom. The van der Waals surface area contributed by atoms with Crippen molar-refractivity contribution in [3.8, 4) is 0 Å². The van der Waals surface area contributed by atoms with Crippen LogP contribution in [0.5, 0.6) is 0 Å². The molecule has 0 amide bonds. The average molecular weight is 261 g/mol. The molecule has 1 aromatic heterocycles. The first kappa shape index (κ1) is 13.1. The Morgan fingerprint density at radius 3 is 2.61 bits per heavy atom. The Hall–Kier alpha value is -1.37. The predicted octanol–water partition coefficient (Wildman–Crippen LogP) is 1.70. The van der Waals surface area contributed by atoms with Gasteiger partial charge in [0.25, 0.3) is 0 Å². The minimum Gasteiger partial charge on any atom is -0.394 e. The lowest BCUT2D eigenvalue weighted by atomic mass is 10.0. The van der Waals surface area contributed by atoms with Crippen molar-refractivity contribution < 1.29 is 18.3 Å². The van der Waals surface area contributed by atoms with Gasteiger partial charge in [0.1, 0.15) is 0 Å². The summed E-state index contributed by atoms with van der Waals surface area (Å²) in [5, 5.41) is 16.1. The summed E-state index contributed by atoms with van der Waals surface area (Å²) >= 11 is 0. The molecule has 1 aliphatic heterocycles. The van der Waals surface area contributed by atoms with Gasteiger partial charge in [0, 0.05) is 6.54 Å². The number of aliphatic hydroxyl groups excluding tert-OH is 1. The first-order valence-corrected chi connectivity index (χ1v) is 5.72. The summed E-state index contributed by atoms with van der Waals surface area (Å²) < 4.78 is 37.0. The molecule has 1 saturated heterocycles. The van der Waals surface area contributed by atoms with Crippen molar-refractivity contribution >= 4 is 5.82 Å². The van der Waals surface area contributed by atoms with Gasteiger partial charge < -0.3 is 10.0 Å². The second-order valence-corrected chi connectivity index (χ2v) is 4.48. The van der Waals surface area contributed by atoms with Crippen molar-refractivity contribution in [2.75, 3.05) is 18.1 Å². The van der Waals surface area contributed by atoms with Gasteiger partial charge >= 0.3 is 6.18 Å². The van der Waals surface area contributed by atoms with Gasteiger partial charge in [-0.25, -0.2) is 0 Å². The molecule has 2 unspecified atom stereocenters. The monoisotopic (exact) mass is 261 g/mol. The minimum atomic E-state index is -4.47. The van der Waals surface area contributed by atoms with Crippen molar-refractivity contribution in [2.45, 2.75) is 25.6 Å². The third kappa shape index (κ3) is 2.40. The van der Waals surface area contributed by atoms with Crippen LogP contribution in [-0.4, -0.2) is 34.5 Å². The summed E-state index contributed by atoms with van der Waals surface area (Å²) in [4.78, 5) is 1.80. The molecule has 100 valence electrons. The highest BCUT2D eigenvalue weighted by Crippen LogP contribution is 2.30. The smallest absolute Gasteiger partial charge is 0.394 e. The van der Waals surface area contributed by atoms with E-state index in [9.17, 15) is 18.3 Å². The van der Waals surface area contributed by atoms with Crippen molar-refractivity contribution in [3.63, 3.8) is 0 Å². The molecule has 1 N–H and O–H groups in total. The molecule has 1 aliphatic rings. The van der Waals surface area contributed by atoms with Gasteiger partial charge in [0.05, 0.1) is 12.6 Å². The molecular weight excluding hydrogens is 247 g/mol. The molecule has 0 saturated carbocycles. The molecule has 7 heteroatoms. The van der Waals surface area contributed by atoms with E-state index in [-0.39, 0.29) is 12.6 Å². The van der Waals surface area contributed by atoms with Gasteiger partial charge in [-0.15, -0.1) is 10.2 Å². The highest BCUT2D eigenvalue weighted by Gasteiger charge is 2.35. The fourth-order valence-corrected chi connectivity index (χ4v) is 2.20. The van der Waals surface area contributed by atoms with Gasteiger partial charge in [-0.05, 0) is 24.5 Å². The van der Waals surface area contributed by atoms with E-state index in [4.69, 9.17) is 0 Å². The molecule has 4 nitrogen and oxygen atoms in total. The highest BCUT2D eigenvalue weighted by molar-refractivity contribution is 5.40. The summed E-state index contributed by atoms with van der Waals surface area (Å²) in [6.45, 7) is 2.63. The number of rotatable bonds is 2. The van der Waals surface area contributed by atoms with Crippen LogP contribution in [0.3, 0.4) is 0 Å². The van der Waals surface area contributed by atoms with Crippen LogP contribution in [-0.2, 0) is 6.18 Å². The number of anilines is 1. The van der Waals surface area contributed by atoms with E-state index in [1.54, 1.807) is 4.90 Å². The molecule has 0 aliphatic carbocycles. The molecule has 18 heavy (non-hydrogen) atoms. The molecule has 0 bridgehead atoms. The van der Waals surface area contributed by atoms with E-state index >= 15 is 0 Å². The number of aliphatic hydroxyl groups is 1. The first-order valence-electron chi connectivity index (χ1n) is 5.72. The van der Waals surface area contributed by atoms with Gasteiger partial charge in [-0.3, -0.25) is 0 Å². The molecule has 2 rings (SSSR count). The topological polar surface area (TPSA) is 49.2 Å². The van der Waals surface area contributed by atoms with Crippen LogP contribution >= 0.6 is 0 Å². The number of hydrogen-bond donors (Lipinski definition) is 1. The average Bonchev–Trinajstić information content (AvgIpc) is 2.69. The maximum Gasteiger partial charge on any atom is 0.435 e. The quantitative estimate of drug-likeness (QED) is 0.880. The Bertz CT molecular complexity index is 407. The van der Waals surface area contributed by atoms with E-state index < -0.39 is 11.9 Å².